The van der Waals surface area contributed by atoms with Crippen molar-refractivity contribution >= 4 is 22.5 Å². The smallest absolute Gasteiger partial charge is 0.0760 e. The van der Waals surface area contributed by atoms with Gasteiger partial charge in [0.15, 0.2) is 0 Å². The van der Waals surface area contributed by atoms with E-state index in [0.717, 1.165) is 24.5 Å². The zero-order valence-corrected chi connectivity index (χ0v) is 15.7. The average molecular weight is 374 g/mol. The predicted octanol–water partition coefficient (Wildman–Crippen LogP) is 5.36. The van der Waals surface area contributed by atoms with Crippen LogP contribution in [0.25, 0.3) is 10.9 Å². The van der Waals surface area contributed by atoms with Gasteiger partial charge in [0.25, 0.3) is 0 Å². The lowest BCUT2D eigenvalue weighted by molar-refractivity contribution is 0.202. The molecule has 1 aliphatic heterocycles. The van der Waals surface area contributed by atoms with Crippen molar-refractivity contribution in [1.82, 2.24) is 14.9 Å². The third-order valence-electron chi connectivity index (χ3n) is 5.41. The summed E-state index contributed by atoms with van der Waals surface area (Å²) in [7, 11) is 0. The van der Waals surface area contributed by atoms with Crippen LogP contribution in [0.15, 0.2) is 73.1 Å². The van der Waals surface area contributed by atoms with Gasteiger partial charge in [-0.1, -0.05) is 48.0 Å². The predicted molar refractivity (Wildman–Crippen MR) is 110 cm³/mol. The zero-order valence-electron chi connectivity index (χ0n) is 14.9. The van der Waals surface area contributed by atoms with Crippen molar-refractivity contribution in [2.75, 3.05) is 6.54 Å². The van der Waals surface area contributed by atoms with Crippen molar-refractivity contribution < 1.29 is 0 Å². The summed E-state index contributed by atoms with van der Waals surface area (Å²) in [6.07, 6.45) is 4.82. The molecular weight excluding hydrogens is 354 g/mol. The molecule has 1 N–H and O–H groups in total. The Bertz CT molecular complexity index is 1090. The number of nitrogens with one attached hydrogen (secondary N) is 1. The van der Waals surface area contributed by atoms with Crippen molar-refractivity contribution in [3.8, 4) is 0 Å². The molecule has 1 atom stereocenters. The van der Waals surface area contributed by atoms with Gasteiger partial charge in [0.05, 0.1) is 6.04 Å². The molecule has 5 rings (SSSR count). The number of H-pyrrole nitrogens is 1. The summed E-state index contributed by atoms with van der Waals surface area (Å²) in [6, 6.07) is 21.1. The molecule has 0 saturated carbocycles. The van der Waals surface area contributed by atoms with E-state index in [2.05, 4.69) is 57.3 Å². The van der Waals surface area contributed by atoms with Gasteiger partial charge in [-0.2, -0.15) is 0 Å². The summed E-state index contributed by atoms with van der Waals surface area (Å²) in [6.45, 7) is 1.86. The monoisotopic (exact) mass is 373 g/mol. The molecule has 1 unspecified atom stereocenters. The molecule has 3 nitrogen and oxygen atoms in total. The lowest BCUT2D eigenvalue weighted by Gasteiger charge is -2.36. The first kappa shape index (κ1) is 16.5. The molecule has 2 aromatic carbocycles. The molecule has 0 fully saturated rings. The number of hydrogen-bond acceptors (Lipinski definition) is 2. The molecule has 134 valence electrons. The zero-order chi connectivity index (χ0) is 18.2. The van der Waals surface area contributed by atoms with Gasteiger partial charge in [0.1, 0.15) is 0 Å². The minimum atomic E-state index is 0.153. The van der Waals surface area contributed by atoms with Crippen LogP contribution < -0.4 is 0 Å². The fraction of sp³-hybridized carbons (Fsp3) is 0.174. The van der Waals surface area contributed by atoms with E-state index in [-0.39, 0.29) is 6.04 Å². The lowest BCUT2D eigenvalue weighted by atomic mass is 9.92. The number of pyridine rings is 1. The lowest BCUT2D eigenvalue weighted by Crippen LogP contribution is -2.35. The number of nitrogens with zero attached hydrogens (tertiary/aromatic N) is 2. The van der Waals surface area contributed by atoms with Gasteiger partial charge in [-0.25, -0.2) is 0 Å². The highest BCUT2D eigenvalue weighted by molar-refractivity contribution is 6.30. The van der Waals surface area contributed by atoms with Crippen LogP contribution in [-0.4, -0.2) is 21.4 Å². The normalized spacial score (nSPS) is 17.1. The Morgan fingerprint density at radius 2 is 2.00 bits per heavy atom. The van der Waals surface area contributed by atoms with Crippen molar-refractivity contribution in [2.24, 2.45) is 0 Å². The Balaban J connectivity index is 1.64. The second kappa shape index (κ2) is 6.84. The first-order chi connectivity index (χ1) is 13.3. The highest BCUT2D eigenvalue weighted by Crippen LogP contribution is 2.39. The largest absolute Gasteiger partial charge is 0.357 e. The Morgan fingerprint density at radius 1 is 1.07 bits per heavy atom. The minimum absolute atomic E-state index is 0.153. The summed E-state index contributed by atoms with van der Waals surface area (Å²) in [5.41, 5.74) is 6.37. The van der Waals surface area contributed by atoms with Gasteiger partial charge < -0.3 is 4.98 Å². The molecule has 0 saturated heterocycles. The van der Waals surface area contributed by atoms with Crippen LogP contribution in [0, 0.1) is 0 Å². The number of para-hydroxylation sites is 1. The summed E-state index contributed by atoms with van der Waals surface area (Å²) in [5.74, 6) is 0. The van der Waals surface area contributed by atoms with Crippen molar-refractivity contribution in [3.05, 3.63) is 100 Å². The number of aromatic amines is 1. The maximum Gasteiger partial charge on any atom is 0.0760 e. The van der Waals surface area contributed by atoms with Gasteiger partial charge in [-0.05, 0) is 47.4 Å². The summed E-state index contributed by atoms with van der Waals surface area (Å²) in [4.78, 5) is 10.5. The van der Waals surface area contributed by atoms with E-state index >= 15 is 0 Å². The Labute approximate surface area is 163 Å². The third kappa shape index (κ3) is 3.03. The van der Waals surface area contributed by atoms with E-state index in [4.69, 9.17) is 11.6 Å². The van der Waals surface area contributed by atoms with E-state index in [9.17, 15) is 0 Å². The Morgan fingerprint density at radius 3 is 2.85 bits per heavy atom. The Kier molecular flexibility index (Phi) is 4.19. The molecule has 0 bridgehead atoms. The van der Waals surface area contributed by atoms with Crippen LogP contribution in [0.5, 0.6) is 0 Å². The van der Waals surface area contributed by atoms with E-state index in [1.807, 2.05) is 30.6 Å². The Hall–Kier alpha value is -2.62. The quantitative estimate of drug-likeness (QED) is 0.524. The molecule has 1 aliphatic rings. The number of rotatable bonds is 3. The number of halogens is 1. The second-order valence-corrected chi connectivity index (χ2v) is 7.54. The van der Waals surface area contributed by atoms with Gasteiger partial charge >= 0.3 is 0 Å². The van der Waals surface area contributed by atoms with Crippen LogP contribution in [0.4, 0.5) is 0 Å². The molecule has 0 spiro atoms. The van der Waals surface area contributed by atoms with E-state index in [1.54, 1.807) is 0 Å². The summed E-state index contributed by atoms with van der Waals surface area (Å²) in [5, 5.41) is 2.11. The molecule has 4 heteroatoms. The van der Waals surface area contributed by atoms with Crippen molar-refractivity contribution in [3.63, 3.8) is 0 Å². The molecule has 0 aliphatic carbocycles. The molecule has 2 aromatic heterocycles. The first-order valence-electron chi connectivity index (χ1n) is 9.27. The van der Waals surface area contributed by atoms with Crippen LogP contribution in [0.3, 0.4) is 0 Å². The third-order valence-corrected chi connectivity index (χ3v) is 5.64. The molecule has 27 heavy (non-hydrogen) atoms. The standard InChI is InChI=1S/C23H20ClN3/c24-18-7-3-6-17(13-18)23-22-20(19-8-1-2-9-21(19)26-22)10-12-27(23)15-16-5-4-11-25-14-16/h1-9,11,13-14,23,26H,10,12,15H2. The number of hydrogen-bond donors (Lipinski definition) is 1. The maximum atomic E-state index is 6.34. The van der Waals surface area contributed by atoms with E-state index < -0.39 is 0 Å². The first-order valence-corrected chi connectivity index (χ1v) is 9.65. The van der Waals surface area contributed by atoms with Gasteiger partial charge in [0.2, 0.25) is 0 Å². The van der Waals surface area contributed by atoms with Crippen molar-refractivity contribution in [2.45, 2.75) is 19.0 Å². The molecule has 0 radical (unpaired) electrons. The van der Waals surface area contributed by atoms with Crippen molar-refractivity contribution in [1.29, 1.82) is 0 Å². The van der Waals surface area contributed by atoms with Crippen LogP contribution in [0.2, 0.25) is 5.02 Å². The minimum Gasteiger partial charge on any atom is -0.357 e. The molecule has 0 amide bonds. The van der Waals surface area contributed by atoms with Crippen LogP contribution >= 0.6 is 11.6 Å². The molecule has 4 aromatic rings. The summed E-state index contributed by atoms with van der Waals surface area (Å²) < 4.78 is 0. The number of benzene rings is 2. The van der Waals surface area contributed by atoms with Crippen LogP contribution in [-0.2, 0) is 13.0 Å². The average Bonchev–Trinajstić information content (AvgIpc) is 3.07. The fourth-order valence-corrected chi connectivity index (χ4v) is 4.44. The van der Waals surface area contributed by atoms with Gasteiger partial charge in [0, 0.05) is 47.1 Å². The number of fused-ring (bicyclic) bond motifs is 3. The van der Waals surface area contributed by atoms with Gasteiger partial charge in [-0.3, -0.25) is 9.88 Å². The SMILES string of the molecule is Clc1cccc(C2c3[nH]c4ccccc4c3CCN2Cc2cccnc2)c1. The highest BCUT2D eigenvalue weighted by atomic mass is 35.5. The van der Waals surface area contributed by atoms with Gasteiger partial charge in [-0.15, -0.1) is 0 Å². The summed E-state index contributed by atoms with van der Waals surface area (Å²) >= 11 is 6.34. The molecule has 3 heterocycles. The maximum absolute atomic E-state index is 6.34. The highest BCUT2D eigenvalue weighted by Gasteiger charge is 2.31. The number of aromatic nitrogens is 2. The fourth-order valence-electron chi connectivity index (χ4n) is 4.24. The second-order valence-electron chi connectivity index (χ2n) is 7.10. The van der Waals surface area contributed by atoms with E-state index in [1.165, 1.54) is 33.3 Å². The van der Waals surface area contributed by atoms with E-state index in [0.29, 0.717) is 0 Å². The topological polar surface area (TPSA) is 31.9 Å². The van der Waals surface area contributed by atoms with Crippen LogP contribution in [0.1, 0.15) is 28.4 Å². The molecular formula is C23H20ClN3.